The number of aromatic amines is 2. The van der Waals surface area contributed by atoms with Crippen molar-refractivity contribution in [3.8, 4) is 44.5 Å². The average molecular weight is 736 g/mol. The number of carbonyl (C=O) groups is 1. The van der Waals surface area contributed by atoms with Crippen LogP contribution in [-0.4, -0.2) is 31.0 Å². The Morgan fingerprint density at radius 1 is 0.544 bits per heavy atom. The van der Waals surface area contributed by atoms with E-state index in [2.05, 4.69) is 99.8 Å². The molecule has 3 aromatic heterocycles. The molecular weight excluding hydrogens is 703 g/mol. The van der Waals surface area contributed by atoms with Gasteiger partial charge in [0.25, 0.3) is 5.70 Å². The fourth-order valence-corrected chi connectivity index (χ4v) is 7.47. The molecule has 8 bridgehead atoms. The second-order valence-electron chi connectivity index (χ2n) is 13.5. The maximum Gasteiger partial charge on any atom is 0.333 e. The van der Waals surface area contributed by atoms with E-state index in [9.17, 15) is 9.90 Å². The highest BCUT2D eigenvalue weighted by atomic mass is 16.4. The van der Waals surface area contributed by atoms with Gasteiger partial charge in [0.2, 0.25) is 0 Å². The van der Waals surface area contributed by atoms with Gasteiger partial charge in [0, 0.05) is 44.4 Å². The minimum absolute atomic E-state index is 0.379. The van der Waals surface area contributed by atoms with Crippen molar-refractivity contribution >= 4 is 58.4 Å². The van der Waals surface area contributed by atoms with E-state index < -0.39 is 5.97 Å². The second-order valence-corrected chi connectivity index (χ2v) is 13.5. The number of hydrogen-bond donors (Lipinski definition) is 3. The van der Waals surface area contributed by atoms with E-state index in [1.54, 1.807) is 6.08 Å². The highest BCUT2D eigenvalue weighted by Crippen LogP contribution is 2.39. The number of carboxylic acids is 1. The van der Waals surface area contributed by atoms with Crippen LogP contribution in [0.1, 0.15) is 28.3 Å². The highest BCUT2D eigenvalue weighted by molar-refractivity contribution is 6.02. The van der Waals surface area contributed by atoms with Crippen LogP contribution in [0.25, 0.3) is 102 Å². The van der Waals surface area contributed by atoms with Gasteiger partial charge in [0.05, 0.1) is 34.9 Å². The number of fused-ring (bicyclic) bond motifs is 8. The molecule has 0 radical (unpaired) electrons. The number of aliphatic carboxylic acids is 1. The van der Waals surface area contributed by atoms with Crippen molar-refractivity contribution in [1.29, 1.82) is 0 Å². The first-order chi connectivity index (χ1) is 28.1. The Hall–Kier alpha value is -8.08. The average Bonchev–Trinajstić information content (AvgIpc) is 4.09. The monoisotopic (exact) mass is 735 g/mol. The zero-order valence-electron chi connectivity index (χ0n) is 30.5. The lowest BCUT2D eigenvalue weighted by Gasteiger charge is -2.07. The Labute approximate surface area is 328 Å². The summed E-state index contributed by atoms with van der Waals surface area (Å²) in [7, 11) is 0. The zero-order valence-corrected chi connectivity index (χ0v) is 30.5. The molecule has 57 heavy (non-hydrogen) atoms. The van der Waals surface area contributed by atoms with Crippen molar-refractivity contribution in [2.75, 3.05) is 0 Å². The molecule has 0 fully saturated rings. The van der Waals surface area contributed by atoms with Crippen LogP contribution < -0.4 is 0 Å². The number of nitrogens with zero attached hydrogens (tertiary/aromatic N) is 3. The van der Waals surface area contributed by atoms with Gasteiger partial charge in [-0.25, -0.2) is 14.8 Å². The van der Waals surface area contributed by atoms with Gasteiger partial charge in [-0.05, 0) is 70.8 Å². The quantitative estimate of drug-likeness (QED) is 0.0862. The lowest BCUT2D eigenvalue weighted by Crippen LogP contribution is -1.94. The molecule has 5 heterocycles. The Balaban J connectivity index is 1.50. The predicted octanol–water partition coefficient (Wildman–Crippen LogP) is 12.2. The van der Waals surface area contributed by atoms with E-state index in [-0.39, 0.29) is 5.70 Å². The molecule has 7 aromatic rings. The van der Waals surface area contributed by atoms with E-state index in [1.807, 2.05) is 84.9 Å². The number of allylic oxidation sites excluding steroid dienone is 2. The van der Waals surface area contributed by atoms with Gasteiger partial charge in [0.15, 0.2) is 0 Å². The maximum atomic E-state index is 11.7. The number of carboxylic acid groups (broad SMARTS) is 1. The summed E-state index contributed by atoms with van der Waals surface area (Å²) in [6.07, 6.45) is 13.0. The molecule has 0 unspecified atom stereocenters. The molecule has 0 spiro atoms. The second kappa shape index (κ2) is 15.0. The first-order valence-corrected chi connectivity index (χ1v) is 18.5. The number of nitrogens with one attached hydrogen (secondary N) is 2. The largest absolute Gasteiger partial charge is 0.486 e. The first-order valence-electron chi connectivity index (χ1n) is 18.5. The van der Waals surface area contributed by atoms with Crippen molar-refractivity contribution in [2.24, 2.45) is 0 Å². The minimum atomic E-state index is -1.28. The zero-order chi connectivity index (χ0) is 38.7. The summed E-state index contributed by atoms with van der Waals surface area (Å²) in [4.78, 5) is 33.3. The van der Waals surface area contributed by atoms with Crippen LogP contribution in [0.3, 0.4) is 0 Å². The standard InChI is InChI=1S/C50H33N5O2/c1-51-43(50(56)57)24-14-23-36-31-44-47(34-19-10-4-11-20-34)41-28-27-39(53-41)45(32-15-6-2-7-16-32)37-25-26-38(52-37)46(33-17-8-3-9-18-33)40-29-30-42(54-40)48(49(36)55-44)35-21-12-5-13-22-35/h2-31,52,55H,(H,56,57)/b23-14+,43-24-,45-37?,45-39?,46-38?,46-40?,47-41?,47-44?,48-42?,49-48?. The van der Waals surface area contributed by atoms with Crippen LogP contribution in [0, 0.1) is 6.57 Å². The number of hydrogen-bond acceptors (Lipinski definition) is 3. The Bertz CT molecular complexity index is 3020. The van der Waals surface area contributed by atoms with Crippen molar-refractivity contribution in [3.63, 3.8) is 0 Å². The molecule has 3 N–H and O–H groups in total. The van der Waals surface area contributed by atoms with Crippen molar-refractivity contribution in [2.45, 2.75) is 0 Å². The smallest absolute Gasteiger partial charge is 0.333 e. The van der Waals surface area contributed by atoms with Crippen molar-refractivity contribution in [3.05, 3.63) is 197 Å². The van der Waals surface area contributed by atoms with Crippen molar-refractivity contribution < 1.29 is 9.90 Å². The minimum Gasteiger partial charge on any atom is -0.486 e. The predicted molar refractivity (Wildman–Crippen MR) is 232 cm³/mol. The van der Waals surface area contributed by atoms with Gasteiger partial charge in [-0.3, -0.25) is 4.79 Å². The molecule has 0 aliphatic carbocycles. The van der Waals surface area contributed by atoms with Crippen LogP contribution in [0.5, 0.6) is 0 Å². The molecule has 7 nitrogen and oxygen atoms in total. The summed E-state index contributed by atoms with van der Waals surface area (Å²) < 4.78 is 0. The van der Waals surface area contributed by atoms with E-state index in [0.717, 1.165) is 94.9 Å². The molecule has 4 aromatic carbocycles. The first kappa shape index (κ1) is 34.7. The number of aromatic nitrogens is 4. The fraction of sp³-hybridized carbons (Fsp3) is 0. The van der Waals surface area contributed by atoms with E-state index in [4.69, 9.17) is 16.5 Å². The third-order valence-corrected chi connectivity index (χ3v) is 10.0. The Morgan fingerprint density at radius 3 is 1.37 bits per heavy atom. The van der Waals surface area contributed by atoms with E-state index >= 15 is 0 Å². The molecule has 9 rings (SSSR count). The van der Waals surface area contributed by atoms with Gasteiger partial charge in [0.1, 0.15) is 0 Å². The summed E-state index contributed by atoms with van der Waals surface area (Å²) in [6.45, 7) is 7.39. The van der Waals surface area contributed by atoms with Crippen LogP contribution >= 0.6 is 0 Å². The molecule has 0 atom stereocenters. The number of benzene rings is 4. The molecule has 0 amide bonds. The molecule has 2 aliphatic heterocycles. The summed E-state index contributed by atoms with van der Waals surface area (Å²) in [5.74, 6) is -1.28. The lowest BCUT2D eigenvalue weighted by atomic mass is 10.0. The highest BCUT2D eigenvalue weighted by Gasteiger charge is 2.20. The van der Waals surface area contributed by atoms with Crippen LogP contribution in [0.2, 0.25) is 0 Å². The lowest BCUT2D eigenvalue weighted by molar-refractivity contribution is -0.132. The van der Waals surface area contributed by atoms with E-state index in [0.29, 0.717) is 0 Å². The summed E-state index contributed by atoms with van der Waals surface area (Å²) in [5, 5.41) is 9.59. The topological polar surface area (TPSA) is 99.0 Å². The molecule has 0 saturated heterocycles. The Morgan fingerprint density at radius 2 is 0.947 bits per heavy atom. The van der Waals surface area contributed by atoms with Crippen molar-refractivity contribution in [1.82, 2.24) is 19.9 Å². The molecule has 2 aliphatic rings. The van der Waals surface area contributed by atoms with Gasteiger partial charge in [-0.15, -0.1) is 0 Å². The van der Waals surface area contributed by atoms with Gasteiger partial charge in [-0.2, -0.15) is 0 Å². The SMILES string of the molecule is [C-]#[N+]/C(=C\C=C\c1cc2[nH]c1c(-c1ccccc1)c1nc(c(-c3ccccc3)c3ccc([nH]3)c(-c3ccccc3)c3nc(c2-c2ccccc2)C=C3)C=C1)C(=O)O. The summed E-state index contributed by atoms with van der Waals surface area (Å²) >= 11 is 0. The van der Waals surface area contributed by atoms with Crippen LogP contribution in [0.15, 0.2) is 157 Å². The summed E-state index contributed by atoms with van der Waals surface area (Å²) in [6, 6.07) is 47.1. The molecule has 7 heteroatoms. The molecular formula is C50H33N5O2. The number of rotatable bonds is 7. The van der Waals surface area contributed by atoms with Gasteiger partial charge in [-0.1, -0.05) is 133 Å². The molecule has 270 valence electrons. The van der Waals surface area contributed by atoms with Crippen LogP contribution in [0.4, 0.5) is 0 Å². The number of H-pyrrole nitrogens is 2. The van der Waals surface area contributed by atoms with E-state index in [1.165, 1.54) is 6.08 Å². The molecule has 0 saturated carbocycles. The van der Waals surface area contributed by atoms with Gasteiger partial charge >= 0.3 is 5.97 Å². The van der Waals surface area contributed by atoms with Gasteiger partial charge < -0.3 is 15.1 Å². The maximum absolute atomic E-state index is 11.7. The van der Waals surface area contributed by atoms with Crippen LogP contribution in [-0.2, 0) is 4.79 Å². The summed E-state index contributed by atoms with van der Waals surface area (Å²) in [5.41, 5.74) is 14.6. The third-order valence-electron chi connectivity index (χ3n) is 10.0. The Kier molecular flexibility index (Phi) is 9.11. The normalized spacial score (nSPS) is 12.2. The fourth-order valence-electron chi connectivity index (χ4n) is 7.47. The third kappa shape index (κ3) is 6.69.